The monoisotopic (exact) mass is 193 g/mol. The summed E-state index contributed by atoms with van der Waals surface area (Å²) in [5.41, 5.74) is 0.604. The first-order valence-corrected chi connectivity index (χ1v) is 5.01. The number of H-pyrrole nitrogens is 1. The van der Waals surface area contributed by atoms with Crippen molar-refractivity contribution in [3.63, 3.8) is 0 Å². The van der Waals surface area contributed by atoms with Gasteiger partial charge in [-0.05, 0) is 19.8 Å². The second kappa shape index (κ2) is 3.44. The van der Waals surface area contributed by atoms with Gasteiger partial charge in [0.1, 0.15) is 0 Å². The van der Waals surface area contributed by atoms with Crippen molar-refractivity contribution >= 4 is 5.91 Å². The molecule has 0 radical (unpaired) electrons. The van der Waals surface area contributed by atoms with E-state index in [-0.39, 0.29) is 11.4 Å². The van der Waals surface area contributed by atoms with Crippen molar-refractivity contribution < 1.29 is 4.79 Å². The van der Waals surface area contributed by atoms with Crippen molar-refractivity contribution in [2.24, 2.45) is 0 Å². The van der Waals surface area contributed by atoms with E-state index in [2.05, 4.69) is 22.4 Å². The smallest absolute Gasteiger partial charge is 0.254 e. The average molecular weight is 193 g/mol. The third-order valence-corrected chi connectivity index (χ3v) is 2.88. The number of nitrogens with one attached hydrogen (secondary N) is 2. The van der Waals surface area contributed by atoms with Crippen LogP contribution in [0.3, 0.4) is 0 Å². The zero-order valence-corrected chi connectivity index (χ0v) is 8.34. The van der Waals surface area contributed by atoms with Gasteiger partial charge in [-0.15, -0.1) is 0 Å². The molecule has 0 spiro atoms. The molecule has 1 heterocycles. The Labute approximate surface area is 83.1 Å². The summed E-state index contributed by atoms with van der Waals surface area (Å²) in [4.78, 5) is 11.7. The van der Waals surface area contributed by atoms with Gasteiger partial charge >= 0.3 is 0 Å². The van der Waals surface area contributed by atoms with Gasteiger partial charge in [0.05, 0.1) is 11.8 Å². The zero-order chi connectivity index (χ0) is 10.0. The third kappa shape index (κ3) is 1.78. The molecular weight excluding hydrogens is 178 g/mol. The fraction of sp³-hybridized carbons (Fsp3) is 0.600. The van der Waals surface area contributed by atoms with E-state index in [9.17, 15) is 4.79 Å². The first-order chi connectivity index (χ1) is 6.70. The quantitative estimate of drug-likeness (QED) is 0.747. The topological polar surface area (TPSA) is 57.8 Å². The molecule has 4 nitrogen and oxygen atoms in total. The van der Waals surface area contributed by atoms with Crippen molar-refractivity contribution in [2.45, 2.75) is 38.1 Å². The summed E-state index contributed by atoms with van der Waals surface area (Å²) in [6.45, 7) is 2.11. The molecule has 0 aliphatic heterocycles. The standard InChI is InChI=1S/C10H15N3O/c1-10(4-2-3-5-10)13-9(14)8-6-11-12-7-8/h6-7H,2-5H2,1H3,(H,11,12)(H,13,14). The lowest BCUT2D eigenvalue weighted by Gasteiger charge is -2.24. The van der Waals surface area contributed by atoms with E-state index < -0.39 is 0 Å². The Morgan fingerprint density at radius 2 is 2.29 bits per heavy atom. The molecule has 2 rings (SSSR count). The lowest BCUT2D eigenvalue weighted by molar-refractivity contribution is 0.0908. The summed E-state index contributed by atoms with van der Waals surface area (Å²) in [5, 5.41) is 9.45. The molecule has 1 aliphatic rings. The van der Waals surface area contributed by atoms with Crippen LogP contribution in [0.15, 0.2) is 12.4 Å². The van der Waals surface area contributed by atoms with E-state index in [1.54, 1.807) is 12.4 Å². The highest BCUT2D eigenvalue weighted by Crippen LogP contribution is 2.29. The van der Waals surface area contributed by atoms with E-state index in [4.69, 9.17) is 0 Å². The number of aromatic amines is 1. The van der Waals surface area contributed by atoms with Crippen molar-refractivity contribution in [1.82, 2.24) is 15.5 Å². The predicted octanol–water partition coefficient (Wildman–Crippen LogP) is 1.47. The van der Waals surface area contributed by atoms with Crippen LogP contribution in [0.25, 0.3) is 0 Å². The maximum atomic E-state index is 11.7. The number of aromatic nitrogens is 2. The van der Waals surface area contributed by atoms with E-state index >= 15 is 0 Å². The summed E-state index contributed by atoms with van der Waals surface area (Å²) < 4.78 is 0. The van der Waals surface area contributed by atoms with Gasteiger partial charge in [0, 0.05) is 11.7 Å². The zero-order valence-electron chi connectivity index (χ0n) is 8.34. The Morgan fingerprint density at radius 1 is 1.57 bits per heavy atom. The van der Waals surface area contributed by atoms with Crippen LogP contribution in [-0.4, -0.2) is 21.6 Å². The molecule has 4 heteroatoms. The number of nitrogens with zero attached hydrogens (tertiary/aromatic N) is 1. The minimum atomic E-state index is -0.0249. The first kappa shape index (κ1) is 9.24. The molecule has 1 fully saturated rings. The fourth-order valence-corrected chi connectivity index (χ4v) is 2.00. The number of carbonyl (C=O) groups excluding carboxylic acids is 1. The van der Waals surface area contributed by atoms with Crippen LogP contribution in [0.4, 0.5) is 0 Å². The average Bonchev–Trinajstić information content (AvgIpc) is 2.74. The lowest BCUT2D eigenvalue weighted by Crippen LogP contribution is -2.43. The van der Waals surface area contributed by atoms with Gasteiger partial charge in [0.2, 0.25) is 0 Å². The Bertz CT molecular complexity index is 312. The number of carbonyl (C=O) groups is 1. The van der Waals surface area contributed by atoms with Crippen LogP contribution in [0.2, 0.25) is 0 Å². The SMILES string of the molecule is CC1(NC(=O)c2cn[nH]c2)CCCC1. The van der Waals surface area contributed by atoms with Crippen molar-refractivity contribution in [1.29, 1.82) is 0 Å². The van der Waals surface area contributed by atoms with Crippen LogP contribution in [-0.2, 0) is 0 Å². The van der Waals surface area contributed by atoms with Crippen LogP contribution in [0.5, 0.6) is 0 Å². The summed E-state index contributed by atoms with van der Waals surface area (Å²) in [7, 11) is 0. The molecule has 2 N–H and O–H groups in total. The maximum Gasteiger partial charge on any atom is 0.254 e. The molecule has 1 aromatic rings. The Hall–Kier alpha value is -1.32. The molecular formula is C10H15N3O. The molecule has 0 saturated heterocycles. The molecule has 1 aromatic heterocycles. The van der Waals surface area contributed by atoms with Crippen LogP contribution >= 0.6 is 0 Å². The van der Waals surface area contributed by atoms with Gasteiger partial charge < -0.3 is 5.32 Å². The number of hydrogen-bond donors (Lipinski definition) is 2. The Morgan fingerprint density at radius 3 is 2.86 bits per heavy atom. The Kier molecular flexibility index (Phi) is 2.27. The molecule has 14 heavy (non-hydrogen) atoms. The van der Waals surface area contributed by atoms with Crippen molar-refractivity contribution in [3.8, 4) is 0 Å². The summed E-state index contributed by atoms with van der Waals surface area (Å²) in [5.74, 6) is -0.0249. The van der Waals surface area contributed by atoms with Gasteiger partial charge in [-0.1, -0.05) is 12.8 Å². The summed E-state index contributed by atoms with van der Waals surface area (Å²) in [6.07, 6.45) is 7.75. The van der Waals surface area contributed by atoms with Gasteiger partial charge in [0.25, 0.3) is 5.91 Å². The van der Waals surface area contributed by atoms with Crippen LogP contribution < -0.4 is 5.32 Å². The molecule has 76 valence electrons. The normalized spacial score (nSPS) is 19.5. The molecule has 0 aromatic carbocycles. The number of rotatable bonds is 2. The van der Waals surface area contributed by atoms with Crippen LogP contribution in [0.1, 0.15) is 43.0 Å². The number of amides is 1. The highest BCUT2D eigenvalue weighted by Gasteiger charge is 2.30. The van der Waals surface area contributed by atoms with Crippen molar-refractivity contribution in [2.75, 3.05) is 0 Å². The second-order valence-electron chi connectivity index (χ2n) is 4.21. The van der Waals surface area contributed by atoms with E-state index in [0.29, 0.717) is 5.56 Å². The number of hydrogen-bond acceptors (Lipinski definition) is 2. The largest absolute Gasteiger partial charge is 0.347 e. The van der Waals surface area contributed by atoms with Gasteiger partial charge in [-0.3, -0.25) is 9.89 Å². The molecule has 0 bridgehead atoms. The minimum Gasteiger partial charge on any atom is -0.347 e. The summed E-state index contributed by atoms with van der Waals surface area (Å²) >= 11 is 0. The van der Waals surface area contributed by atoms with Crippen LogP contribution in [0, 0.1) is 0 Å². The predicted molar refractivity (Wildman–Crippen MR) is 52.9 cm³/mol. The molecule has 1 aliphatic carbocycles. The summed E-state index contributed by atoms with van der Waals surface area (Å²) in [6, 6.07) is 0. The highest BCUT2D eigenvalue weighted by atomic mass is 16.1. The van der Waals surface area contributed by atoms with Gasteiger partial charge in [-0.2, -0.15) is 5.10 Å². The van der Waals surface area contributed by atoms with E-state index in [1.165, 1.54) is 12.8 Å². The molecule has 0 unspecified atom stereocenters. The van der Waals surface area contributed by atoms with Gasteiger partial charge in [0.15, 0.2) is 0 Å². The van der Waals surface area contributed by atoms with E-state index in [1.807, 2.05) is 0 Å². The first-order valence-electron chi connectivity index (χ1n) is 5.01. The maximum absolute atomic E-state index is 11.7. The lowest BCUT2D eigenvalue weighted by atomic mass is 10.0. The fourth-order valence-electron chi connectivity index (χ4n) is 2.00. The van der Waals surface area contributed by atoms with Crippen molar-refractivity contribution in [3.05, 3.63) is 18.0 Å². The highest BCUT2D eigenvalue weighted by molar-refractivity contribution is 5.94. The molecule has 1 amide bonds. The third-order valence-electron chi connectivity index (χ3n) is 2.88. The Balaban J connectivity index is 2.01. The minimum absolute atomic E-state index is 0.00560. The molecule has 0 atom stereocenters. The van der Waals surface area contributed by atoms with Gasteiger partial charge in [-0.25, -0.2) is 0 Å². The van der Waals surface area contributed by atoms with E-state index in [0.717, 1.165) is 12.8 Å². The second-order valence-corrected chi connectivity index (χ2v) is 4.21. The molecule has 1 saturated carbocycles.